The number of benzene rings is 4. The van der Waals surface area contributed by atoms with E-state index in [1.807, 2.05) is 48.5 Å². The summed E-state index contributed by atoms with van der Waals surface area (Å²) in [5, 5.41) is 1.98. The lowest BCUT2D eigenvalue weighted by atomic mass is 9.74. The van der Waals surface area contributed by atoms with Crippen LogP contribution in [-0.2, 0) is 16.6 Å². The number of hydrogen-bond donors (Lipinski definition) is 0. The number of aryl methyl sites for hydroxylation is 1. The number of fused-ring (bicyclic) bond motifs is 3. The fourth-order valence-corrected chi connectivity index (χ4v) is 5.28. The van der Waals surface area contributed by atoms with Crippen LogP contribution in [0.3, 0.4) is 0 Å². The normalized spacial score (nSPS) is 13.8. The molecule has 1 aliphatic heterocycles. The van der Waals surface area contributed by atoms with Gasteiger partial charge < -0.3 is 18.9 Å². The Morgan fingerprint density at radius 2 is 1.41 bits per heavy atom. The fourth-order valence-electron chi connectivity index (χ4n) is 5.28. The van der Waals surface area contributed by atoms with Crippen molar-refractivity contribution in [2.24, 2.45) is 0 Å². The van der Waals surface area contributed by atoms with Crippen molar-refractivity contribution >= 4 is 22.8 Å². The largest absolute Gasteiger partial charge is 0.497 e. The molecule has 188 valence electrons. The van der Waals surface area contributed by atoms with Gasteiger partial charge >= 0.3 is 5.97 Å². The van der Waals surface area contributed by atoms with E-state index in [1.54, 1.807) is 14.2 Å². The summed E-state index contributed by atoms with van der Waals surface area (Å²) < 4.78 is 22.8. The van der Waals surface area contributed by atoms with Gasteiger partial charge in [-0.1, -0.05) is 67.6 Å². The number of carbonyl (C=O) groups excluding carboxylic acids is 1. The summed E-state index contributed by atoms with van der Waals surface area (Å²) in [5.41, 5.74) is 3.71. The van der Waals surface area contributed by atoms with Crippen molar-refractivity contribution in [3.63, 3.8) is 0 Å². The van der Waals surface area contributed by atoms with E-state index < -0.39 is 5.41 Å². The molecule has 0 atom stereocenters. The molecule has 0 aromatic heterocycles. The number of ether oxygens (including phenoxy) is 4. The molecule has 0 fully saturated rings. The van der Waals surface area contributed by atoms with Gasteiger partial charge in [0.2, 0.25) is 0 Å². The third-order valence-electron chi connectivity index (χ3n) is 7.24. The van der Waals surface area contributed by atoms with Crippen LogP contribution in [0, 0.1) is 0 Å². The molecule has 0 saturated carbocycles. The van der Waals surface area contributed by atoms with Crippen LogP contribution in [0.25, 0.3) is 16.8 Å². The average molecular weight is 495 g/mol. The maximum Gasteiger partial charge on any atom is 0.338 e. The van der Waals surface area contributed by atoms with E-state index in [-0.39, 0.29) is 5.97 Å². The highest BCUT2D eigenvalue weighted by Crippen LogP contribution is 2.44. The summed E-state index contributed by atoms with van der Waals surface area (Å²) in [5.74, 6) is 1.88. The monoisotopic (exact) mass is 494 g/mol. The SMILES string of the molecule is CCc1c(C(=O)OC)c2c(c3ccccc13)OCC(c1ccc(OC)cc1)(c1ccc(OC)cc1)C=C2. The lowest BCUT2D eigenvalue weighted by molar-refractivity contribution is 0.0599. The van der Waals surface area contributed by atoms with E-state index in [2.05, 4.69) is 43.3 Å². The van der Waals surface area contributed by atoms with E-state index in [0.717, 1.165) is 44.5 Å². The maximum absolute atomic E-state index is 13.1. The molecule has 0 unspecified atom stereocenters. The molecule has 37 heavy (non-hydrogen) atoms. The minimum Gasteiger partial charge on any atom is -0.497 e. The molecule has 4 aromatic carbocycles. The summed E-state index contributed by atoms with van der Waals surface area (Å²) in [6.45, 7) is 2.39. The van der Waals surface area contributed by atoms with E-state index in [9.17, 15) is 4.79 Å². The van der Waals surface area contributed by atoms with Crippen LogP contribution in [0.5, 0.6) is 17.2 Å². The van der Waals surface area contributed by atoms with Gasteiger partial charge in [-0.3, -0.25) is 0 Å². The van der Waals surface area contributed by atoms with Gasteiger partial charge in [0.25, 0.3) is 0 Å². The van der Waals surface area contributed by atoms with Crippen LogP contribution in [0.15, 0.2) is 78.9 Å². The van der Waals surface area contributed by atoms with Crippen LogP contribution < -0.4 is 14.2 Å². The minimum atomic E-state index is -0.627. The molecule has 1 aliphatic rings. The second kappa shape index (κ2) is 10.0. The highest BCUT2D eigenvalue weighted by Gasteiger charge is 2.36. The molecule has 0 saturated heterocycles. The second-order valence-electron chi connectivity index (χ2n) is 9.04. The first-order valence-corrected chi connectivity index (χ1v) is 12.3. The Balaban J connectivity index is 1.77. The van der Waals surface area contributed by atoms with Crippen molar-refractivity contribution in [2.45, 2.75) is 18.8 Å². The Hall–Kier alpha value is -4.25. The van der Waals surface area contributed by atoms with Crippen molar-refractivity contribution in [1.29, 1.82) is 0 Å². The lowest BCUT2D eigenvalue weighted by Gasteiger charge is -2.31. The first kappa shape index (κ1) is 24.4. The maximum atomic E-state index is 13.1. The molecule has 1 heterocycles. The Kier molecular flexibility index (Phi) is 6.62. The summed E-state index contributed by atoms with van der Waals surface area (Å²) >= 11 is 0. The zero-order valence-electron chi connectivity index (χ0n) is 21.5. The molecule has 0 aliphatic carbocycles. The van der Waals surface area contributed by atoms with Gasteiger partial charge in [-0.2, -0.15) is 0 Å². The van der Waals surface area contributed by atoms with Crippen LogP contribution in [0.4, 0.5) is 0 Å². The Morgan fingerprint density at radius 1 is 0.838 bits per heavy atom. The second-order valence-corrected chi connectivity index (χ2v) is 9.04. The third-order valence-corrected chi connectivity index (χ3v) is 7.24. The summed E-state index contributed by atoms with van der Waals surface area (Å²) in [4.78, 5) is 13.1. The Bertz CT molecular complexity index is 1420. The van der Waals surface area contributed by atoms with Gasteiger partial charge in [-0.15, -0.1) is 0 Å². The third kappa shape index (κ3) is 4.10. The van der Waals surface area contributed by atoms with Crippen LogP contribution in [-0.4, -0.2) is 33.9 Å². The van der Waals surface area contributed by atoms with E-state index in [1.165, 1.54) is 7.11 Å². The smallest absolute Gasteiger partial charge is 0.338 e. The lowest BCUT2D eigenvalue weighted by Crippen LogP contribution is -2.32. The quantitative estimate of drug-likeness (QED) is 0.283. The molecule has 0 spiro atoms. The van der Waals surface area contributed by atoms with Gasteiger partial charge in [-0.25, -0.2) is 4.79 Å². The van der Waals surface area contributed by atoms with Crippen molar-refractivity contribution in [2.75, 3.05) is 27.9 Å². The predicted molar refractivity (Wildman–Crippen MR) is 146 cm³/mol. The summed E-state index contributed by atoms with van der Waals surface area (Å²) in [6.07, 6.45) is 4.85. The highest BCUT2D eigenvalue weighted by molar-refractivity contribution is 6.06. The van der Waals surface area contributed by atoms with Crippen molar-refractivity contribution in [3.8, 4) is 17.2 Å². The summed E-state index contributed by atoms with van der Waals surface area (Å²) in [6, 6.07) is 24.1. The van der Waals surface area contributed by atoms with Crippen LogP contribution in [0.2, 0.25) is 0 Å². The number of carbonyl (C=O) groups is 1. The standard InChI is InChI=1S/C32H30O5/c1-5-25-26-8-6-7-9-27(26)30-28(29(25)31(33)36-4)18-19-32(20-37-30,21-10-14-23(34-2)15-11-21)22-12-16-24(35-3)17-13-22/h6-19H,5,20H2,1-4H3. The van der Waals surface area contributed by atoms with Gasteiger partial charge in [-0.05, 0) is 52.8 Å². The molecule has 0 radical (unpaired) electrons. The molecule has 0 N–H and O–H groups in total. The Morgan fingerprint density at radius 3 is 1.92 bits per heavy atom. The van der Waals surface area contributed by atoms with Crippen molar-refractivity contribution < 1.29 is 23.7 Å². The van der Waals surface area contributed by atoms with Crippen LogP contribution >= 0.6 is 0 Å². The van der Waals surface area contributed by atoms with Gasteiger partial charge in [0, 0.05) is 10.9 Å². The van der Waals surface area contributed by atoms with Crippen molar-refractivity contribution in [3.05, 3.63) is 107 Å². The van der Waals surface area contributed by atoms with Crippen molar-refractivity contribution in [1.82, 2.24) is 0 Å². The average Bonchev–Trinajstić information content (AvgIpc) is 3.17. The van der Waals surface area contributed by atoms with Crippen LogP contribution in [0.1, 0.15) is 39.5 Å². The Labute approximate surface area is 217 Å². The topological polar surface area (TPSA) is 54.0 Å². The molecular weight excluding hydrogens is 464 g/mol. The van der Waals surface area contributed by atoms with Gasteiger partial charge in [0.05, 0.1) is 32.3 Å². The number of methoxy groups -OCH3 is 3. The number of esters is 1. The van der Waals surface area contributed by atoms with Gasteiger partial charge in [0.1, 0.15) is 23.9 Å². The highest BCUT2D eigenvalue weighted by atomic mass is 16.5. The first-order chi connectivity index (χ1) is 18.1. The molecule has 4 aromatic rings. The fraction of sp³-hybridized carbons (Fsp3) is 0.219. The van der Waals surface area contributed by atoms with E-state index in [4.69, 9.17) is 18.9 Å². The minimum absolute atomic E-state index is 0.339. The van der Waals surface area contributed by atoms with E-state index in [0.29, 0.717) is 24.3 Å². The van der Waals surface area contributed by atoms with E-state index >= 15 is 0 Å². The number of rotatable bonds is 6. The van der Waals surface area contributed by atoms with Gasteiger partial charge in [0.15, 0.2) is 0 Å². The summed E-state index contributed by atoms with van der Waals surface area (Å²) in [7, 11) is 4.73. The first-order valence-electron chi connectivity index (χ1n) is 12.3. The number of hydrogen-bond acceptors (Lipinski definition) is 5. The molecule has 5 nitrogen and oxygen atoms in total. The zero-order chi connectivity index (χ0) is 26.0. The molecule has 5 heteroatoms. The molecule has 5 rings (SSSR count). The molecule has 0 bridgehead atoms. The molecule has 0 amide bonds. The molecular formula is C32H30O5. The zero-order valence-corrected chi connectivity index (χ0v) is 21.5. The predicted octanol–water partition coefficient (Wildman–Crippen LogP) is 6.60.